The molecule has 2 rings (SSSR count). The van der Waals surface area contributed by atoms with Crippen molar-refractivity contribution in [2.24, 2.45) is 7.05 Å². The Bertz CT molecular complexity index is 622. The lowest BCUT2D eigenvalue weighted by atomic mass is 10.1. The molecule has 0 radical (unpaired) electrons. The minimum atomic E-state index is 0.308. The molecule has 104 valence electrons. The Kier molecular flexibility index (Phi) is 4.21. The van der Waals surface area contributed by atoms with Gasteiger partial charge in [-0.3, -0.25) is 9.88 Å². The van der Waals surface area contributed by atoms with Crippen molar-refractivity contribution in [3.05, 3.63) is 53.1 Å². The van der Waals surface area contributed by atoms with Crippen molar-refractivity contribution in [3.63, 3.8) is 0 Å². The zero-order chi connectivity index (χ0) is 14.7. The van der Waals surface area contributed by atoms with Crippen LogP contribution in [0.15, 0.2) is 30.6 Å². The molecule has 4 nitrogen and oxygen atoms in total. The Morgan fingerprint density at radius 2 is 2.05 bits per heavy atom. The topological polar surface area (TPSA) is 44.9 Å². The molecule has 0 saturated carbocycles. The van der Waals surface area contributed by atoms with Crippen LogP contribution in [0.4, 0.5) is 0 Å². The second kappa shape index (κ2) is 5.89. The van der Waals surface area contributed by atoms with Gasteiger partial charge in [0.15, 0.2) is 0 Å². The number of nitriles is 1. The Hall–Kier alpha value is -2.12. The molecule has 0 fully saturated rings. The fraction of sp³-hybridized carbons (Fsp3) is 0.375. The van der Waals surface area contributed by atoms with Gasteiger partial charge in [0, 0.05) is 37.7 Å². The lowest BCUT2D eigenvalue weighted by molar-refractivity contribution is 0.252. The summed E-state index contributed by atoms with van der Waals surface area (Å²) in [4.78, 5) is 6.33. The zero-order valence-electron chi connectivity index (χ0n) is 12.5. The van der Waals surface area contributed by atoms with E-state index in [2.05, 4.69) is 36.8 Å². The van der Waals surface area contributed by atoms with E-state index in [9.17, 15) is 0 Å². The third kappa shape index (κ3) is 2.73. The van der Waals surface area contributed by atoms with Gasteiger partial charge in [0.25, 0.3) is 0 Å². The van der Waals surface area contributed by atoms with E-state index in [1.165, 1.54) is 11.1 Å². The second-order valence-electron chi connectivity index (χ2n) is 5.18. The summed E-state index contributed by atoms with van der Waals surface area (Å²) in [6.45, 7) is 5.06. The maximum atomic E-state index is 9.09. The van der Waals surface area contributed by atoms with Crippen molar-refractivity contribution in [2.75, 3.05) is 7.05 Å². The number of rotatable bonds is 4. The molecule has 2 heterocycles. The summed E-state index contributed by atoms with van der Waals surface area (Å²) in [5.41, 5.74) is 4.31. The summed E-state index contributed by atoms with van der Waals surface area (Å²) in [7, 11) is 4.03. The minimum Gasteiger partial charge on any atom is -0.340 e. The summed E-state index contributed by atoms with van der Waals surface area (Å²) in [6.07, 6.45) is 3.64. The highest BCUT2D eigenvalue weighted by molar-refractivity contribution is 5.34. The summed E-state index contributed by atoms with van der Waals surface area (Å²) in [6, 6.07) is 8.60. The SMILES string of the molecule is Cc1c(CN(C)C(C)c2ccncc2)cc(C#N)n1C. The monoisotopic (exact) mass is 268 g/mol. The standard InChI is InChI=1S/C16H20N4/c1-12(14-5-7-18-8-6-14)19(3)11-15-9-16(10-17)20(4)13(15)2/h5-9,12H,11H2,1-4H3. The van der Waals surface area contributed by atoms with Crippen LogP contribution in [0.25, 0.3) is 0 Å². The zero-order valence-corrected chi connectivity index (χ0v) is 12.5. The van der Waals surface area contributed by atoms with Crippen molar-refractivity contribution < 1.29 is 0 Å². The van der Waals surface area contributed by atoms with Gasteiger partial charge >= 0.3 is 0 Å². The van der Waals surface area contributed by atoms with Crippen LogP contribution < -0.4 is 0 Å². The third-order valence-electron chi connectivity index (χ3n) is 4.02. The van der Waals surface area contributed by atoms with Gasteiger partial charge in [0.1, 0.15) is 11.8 Å². The maximum absolute atomic E-state index is 9.09. The molecule has 0 bridgehead atoms. The highest BCUT2D eigenvalue weighted by Gasteiger charge is 2.15. The Morgan fingerprint density at radius 3 is 2.60 bits per heavy atom. The lowest BCUT2D eigenvalue weighted by Gasteiger charge is -2.25. The third-order valence-corrected chi connectivity index (χ3v) is 4.02. The summed E-state index contributed by atoms with van der Waals surface area (Å²) < 4.78 is 1.94. The van der Waals surface area contributed by atoms with Gasteiger partial charge in [0.2, 0.25) is 0 Å². The number of pyridine rings is 1. The predicted octanol–water partition coefficient (Wildman–Crippen LogP) is 2.79. The van der Waals surface area contributed by atoms with E-state index >= 15 is 0 Å². The Balaban J connectivity index is 2.16. The average Bonchev–Trinajstić information content (AvgIpc) is 2.75. The van der Waals surface area contributed by atoms with E-state index in [0.29, 0.717) is 11.7 Å². The quantitative estimate of drug-likeness (QED) is 0.856. The highest BCUT2D eigenvalue weighted by Crippen LogP contribution is 2.22. The first-order valence-corrected chi connectivity index (χ1v) is 6.70. The van der Waals surface area contributed by atoms with Gasteiger partial charge in [-0.15, -0.1) is 0 Å². The van der Waals surface area contributed by atoms with E-state index in [1.54, 1.807) is 0 Å². The fourth-order valence-corrected chi connectivity index (χ4v) is 2.33. The minimum absolute atomic E-state index is 0.308. The van der Waals surface area contributed by atoms with Crippen LogP contribution in [0.3, 0.4) is 0 Å². The van der Waals surface area contributed by atoms with Gasteiger partial charge in [-0.25, -0.2) is 0 Å². The highest BCUT2D eigenvalue weighted by atomic mass is 15.1. The van der Waals surface area contributed by atoms with Gasteiger partial charge < -0.3 is 4.57 Å². The van der Waals surface area contributed by atoms with E-state index in [0.717, 1.165) is 12.2 Å². The number of nitrogens with zero attached hydrogens (tertiary/aromatic N) is 4. The largest absolute Gasteiger partial charge is 0.340 e. The number of hydrogen-bond donors (Lipinski definition) is 0. The molecule has 0 amide bonds. The van der Waals surface area contributed by atoms with Gasteiger partial charge in [-0.1, -0.05) is 0 Å². The maximum Gasteiger partial charge on any atom is 0.120 e. The molecule has 0 aliphatic heterocycles. The molecule has 0 spiro atoms. The van der Waals surface area contributed by atoms with E-state index < -0.39 is 0 Å². The lowest BCUT2D eigenvalue weighted by Crippen LogP contribution is -2.22. The summed E-state index contributed by atoms with van der Waals surface area (Å²) in [5.74, 6) is 0. The fourth-order valence-electron chi connectivity index (χ4n) is 2.33. The van der Waals surface area contributed by atoms with Crippen molar-refractivity contribution in [2.45, 2.75) is 26.4 Å². The van der Waals surface area contributed by atoms with Gasteiger partial charge in [-0.2, -0.15) is 5.26 Å². The molecular weight excluding hydrogens is 248 g/mol. The molecule has 0 aliphatic rings. The van der Waals surface area contributed by atoms with Crippen molar-refractivity contribution in [3.8, 4) is 6.07 Å². The van der Waals surface area contributed by atoms with Crippen LogP contribution in [-0.2, 0) is 13.6 Å². The van der Waals surface area contributed by atoms with E-state index in [4.69, 9.17) is 5.26 Å². The smallest absolute Gasteiger partial charge is 0.120 e. The van der Waals surface area contributed by atoms with E-state index in [1.807, 2.05) is 42.2 Å². The van der Waals surface area contributed by atoms with Gasteiger partial charge in [-0.05, 0) is 50.2 Å². The van der Waals surface area contributed by atoms with Crippen molar-refractivity contribution in [1.29, 1.82) is 5.26 Å². The van der Waals surface area contributed by atoms with Crippen LogP contribution >= 0.6 is 0 Å². The summed E-state index contributed by atoms with van der Waals surface area (Å²) in [5, 5.41) is 9.09. The first-order valence-electron chi connectivity index (χ1n) is 6.70. The van der Waals surface area contributed by atoms with Crippen LogP contribution in [0.1, 0.15) is 35.5 Å². The Labute approximate surface area is 120 Å². The van der Waals surface area contributed by atoms with Crippen LogP contribution in [0.2, 0.25) is 0 Å². The molecule has 1 unspecified atom stereocenters. The summed E-state index contributed by atoms with van der Waals surface area (Å²) >= 11 is 0. The molecule has 0 N–H and O–H groups in total. The van der Waals surface area contributed by atoms with Crippen molar-refractivity contribution in [1.82, 2.24) is 14.5 Å². The molecule has 2 aromatic heterocycles. The molecule has 0 saturated heterocycles. The predicted molar refractivity (Wildman–Crippen MR) is 79.0 cm³/mol. The number of hydrogen-bond acceptors (Lipinski definition) is 3. The Morgan fingerprint density at radius 1 is 1.40 bits per heavy atom. The first-order chi connectivity index (χ1) is 9.54. The van der Waals surface area contributed by atoms with Crippen LogP contribution in [0, 0.1) is 18.3 Å². The van der Waals surface area contributed by atoms with E-state index in [-0.39, 0.29) is 0 Å². The van der Waals surface area contributed by atoms with Crippen molar-refractivity contribution >= 4 is 0 Å². The average molecular weight is 268 g/mol. The number of aromatic nitrogens is 2. The molecule has 0 aromatic carbocycles. The molecular formula is C16H20N4. The molecule has 20 heavy (non-hydrogen) atoms. The van der Waals surface area contributed by atoms with Crippen LogP contribution in [0.5, 0.6) is 0 Å². The molecule has 4 heteroatoms. The van der Waals surface area contributed by atoms with Crippen LogP contribution in [-0.4, -0.2) is 21.5 Å². The molecule has 1 atom stereocenters. The normalized spacial score (nSPS) is 12.4. The first kappa shape index (κ1) is 14.3. The second-order valence-corrected chi connectivity index (χ2v) is 5.18. The molecule has 2 aromatic rings. The van der Waals surface area contributed by atoms with Gasteiger partial charge in [0.05, 0.1) is 0 Å². The molecule has 0 aliphatic carbocycles.